The van der Waals surface area contributed by atoms with E-state index in [1.165, 1.54) is 0 Å². The second-order valence-corrected chi connectivity index (χ2v) is 6.16. The molecular weight excluding hydrogens is 300 g/mol. The number of nitrogens with one attached hydrogen (secondary N) is 1. The highest BCUT2D eigenvalue weighted by atomic mass is 35.5. The first kappa shape index (κ1) is 18.6. The number of carbonyl (C=O) groups is 1. The average Bonchev–Trinajstić information content (AvgIpc) is 2.36. The Kier molecular flexibility index (Phi) is 10.2. The highest BCUT2D eigenvalue weighted by molar-refractivity contribution is 7.99. The summed E-state index contributed by atoms with van der Waals surface area (Å²) in [5.74, 6) is 1.81. The van der Waals surface area contributed by atoms with Crippen molar-refractivity contribution in [1.29, 1.82) is 0 Å². The molecule has 3 N–H and O–H groups in total. The molecule has 6 heteroatoms. The molecule has 0 saturated heterocycles. The molecule has 0 heterocycles. The van der Waals surface area contributed by atoms with Crippen molar-refractivity contribution in [2.45, 2.75) is 24.3 Å². The predicted molar refractivity (Wildman–Crippen MR) is 89.7 cm³/mol. The van der Waals surface area contributed by atoms with Crippen LogP contribution in [0, 0.1) is 0 Å². The Morgan fingerprint density at radius 1 is 1.47 bits per heavy atom. The standard InChI is InChI=1S/C13H20N2OS2.ClH/c1-3-18-11-6-4-5-10(9-11)15-13(16)12(14)7-8-17-2;/h4-6,9,12H,3,7-8,14H2,1-2H3,(H,15,16);1H/t12-;/m0./s1. The maximum absolute atomic E-state index is 11.8. The normalized spacial score (nSPS) is 11.5. The van der Waals surface area contributed by atoms with Crippen LogP contribution in [-0.2, 0) is 4.79 Å². The molecule has 1 rings (SSSR count). The SMILES string of the molecule is CCSc1cccc(NC(=O)[C@@H](N)CCSC)c1.Cl. The number of anilines is 1. The number of hydrogen-bond acceptors (Lipinski definition) is 4. The third kappa shape index (κ3) is 7.11. The van der Waals surface area contributed by atoms with E-state index in [9.17, 15) is 4.79 Å². The minimum absolute atomic E-state index is 0. The quantitative estimate of drug-likeness (QED) is 0.757. The Balaban J connectivity index is 0.00000324. The lowest BCUT2D eigenvalue weighted by Crippen LogP contribution is -2.36. The molecule has 0 aliphatic heterocycles. The minimum atomic E-state index is -0.431. The predicted octanol–water partition coefficient (Wildman–Crippen LogP) is 3.24. The van der Waals surface area contributed by atoms with E-state index < -0.39 is 6.04 Å². The molecule has 1 aromatic rings. The van der Waals surface area contributed by atoms with Gasteiger partial charge in [0.2, 0.25) is 5.91 Å². The molecule has 0 fully saturated rings. The van der Waals surface area contributed by atoms with Gasteiger partial charge in [-0.25, -0.2) is 0 Å². The Morgan fingerprint density at radius 3 is 2.84 bits per heavy atom. The third-order valence-electron chi connectivity index (χ3n) is 2.38. The van der Waals surface area contributed by atoms with Gasteiger partial charge in [0, 0.05) is 10.6 Å². The molecule has 0 aliphatic rings. The van der Waals surface area contributed by atoms with E-state index in [0.29, 0.717) is 6.42 Å². The molecule has 0 spiro atoms. The van der Waals surface area contributed by atoms with Crippen molar-refractivity contribution < 1.29 is 4.79 Å². The molecule has 3 nitrogen and oxygen atoms in total. The molecule has 108 valence electrons. The summed E-state index contributed by atoms with van der Waals surface area (Å²) >= 11 is 3.45. The largest absolute Gasteiger partial charge is 0.325 e. The topological polar surface area (TPSA) is 55.1 Å². The third-order valence-corrected chi connectivity index (χ3v) is 3.90. The zero-order chi connectivity index (χ0) is 13.4. The van der Waals surface area contributed by atoms with E-state index >= 15 is 0 Å². The summed E-state index contributed by atoms with van der Waals surface area (Å²) in [6.45, 7) is 2.11. The average molecular weight is 321 g/mol. The second-order valence-electron chi connectivity index (χ2n) is 3.84. The van der Waals surface area contributed by atoms with Crippen LogP contribution in [0.4, 0.5) is 5.69 Å². The van der Waals surface area contributed by atoms with Crippen LogP contribution in [-0.4, -0.2) is 29.7 Å². The van der Waals surface area contributed by atoms with E-state index in [0.717, 1.165) is 22.1 Å². The maximum atomic E-state index is 11.8. The monoisotopic (exact) mass is 320 g/mol. The number of thioether (sulfide) groups is 2. The number of benzene rings is 1. The van der Waals surface area contributed by atoms with Crippen LogP contribution >= 0.6 is 35.9 Å². The number of nitrogens with two attached hydrogens (primary N) is 1. The highest BCUT2D eigenvalue weighted by Crippen LogP contribution is 2.21. The summed E-state index contributed by atoms with van der Waals surface area (Å²) in [6.07, 6.45) is 2.71. The molecule has 0 radical (unpaired) electrons. The fourth-order valence-electron chi connectivity index (χ4n) is 1.44. The second kappa shape index (κ2) is 10.4. The lowest BCUT2D eigenvalue weighted by atomic mass is 10.2. The van der Waals surface area contributed by atoms with Crippen LogP contribution in [0.25, 0.3) is 0 Å². The minimum Gasteiger partial charge on any atom is -0.325 e. The van der Waals surface area contributed by atoms with Crippen molar-refractivity contribution in [1.82, 2.24) is 0 Å². The maximum Gasteiger partial charge on any atom is 0.241 e. The van der Waals surface area contributed by atoms with Gasteiger partial charge in [-0.2, -0.15) is 11.8 Å². The molecule has 1 amide bonds. The molecule has 0 unspecified atom stereocenters. The first-order chi connectivity index (χ1) is 8.67. The Labute approximate surface area is 129 Å². The van der Waals surface area contributed by atoms with Crippen LogP contribution in [0.2, 0.25) is 0 Å². The Morgan fingerprint density at radius 2 is 2.21 bits per heavy atom. The van der Waals surface area contributed by atoms with Crippen LogP contribution in [0.3, 0.4) is 0 Å². The summed E-state index contributed by atoms with van der Waals surface area (Å²) in [7, 11) is 0. The highest BCUT2D eigenvalue weighted by Gasteiger charge is 2.12. The van der Waals surface area contributed by atoms with Crippen molar-refractivity contribution in [3.63, 3.8) is 0 Å². The number of carbonyl (C=O) groups excluding carboxylic acids is 1. The Hall–Kier alpha value is -0.360. The summed E-state index contributed by atoms with van der Waals surface area (Å²) in [5, 5.41) is 2.86. The van der Waals surface area contributed by atoms with Crippen molar-refractivity contribution >= 4 is 47.5 Å². The number of amides is 1. The van der Waals surface area contributed by atoms with Crippen molar-refractivity contribution in [3.8, 4) is 0 Å². The summed E-state index contributed by atoms with van der Waals surface area (Å²) in [5.41, 5.74) is 6.63. The molecule has 0 saturated carbocycles. The van der Waals surface area contributed by atoms with Crippen LogP contribution in [0.5, 0.6) is 0 Å². The van der Waals surface area contributed by atoms with Gasteiger partial charge in [0.1, 0.15) is 0 Å². The molecular formula is C13H21ClN2OS2. The summed E-state index contributed by atoms with van der Waals surface area (Å²) < 4.78 is 0. The molecule has 0 aromatic heterocycles. The zero-order valence-corrected chi connectivity index (χ0v) is 13.7. The molecule has 0 aliphatic carbocycles. The van der Waals surface area contributed by atoms with Crippen molar-refractivity contribution in [2.75, 3.05) is 23.1 Å². The lowest BCUT2D eigenvalue weighted by molar-refractivity contribution is -0.117. The zero-order valence-electron chi connectivity index (χ0n) is 11.2. The summed E-state index contributed by atoms with van der Waals surface area (Å²) in [4.78, 5) is 13.0. The fraction of sp³-hybridized carbons (Fsp3) is 0.462. The summed E-state index contributed by atoms with van der Waals surface area (Å²) in [6, 6.07) is 7.42. The fourth-order valence-corrected chi connectivity index (χ4v) is 2.65. The number of rotatable bonds is 7. The van der Waals surface area contributed by atoms with Crippen LogP contribution < -0.4 is 11.1 Å². The molecule has 19 heavy (non-hydrogen) atoms. The van der Waals surface area contributed by atoms with Gasteiger partial charge in [0.25, 0.3) is 0 Å². The molecule has 0 bridgehead atoms. The molecule has 1 aromatic carbocycles. The Bertz CT molecular complexity index is 391. The van der Waals surface area contributed by atoms with Gasteiger partial charge in [-0.1, -0.05) is 13.0 Å². The van der Waals surface area contributed by atoms with E-state index in [2.05, 4.69) is 12.2 Å². The van der Waals surface area contributed by atoms with Gasteiger partial charge in [-0.3, -0.25) is 4.79 Å². The van der Waals surface area contributed by atoms with Gasteiger partial charge in [-0.15, -0.1) is 24.2 Å². The first-order valence-corrected chi connectivity index (χ1v) is 8.33. The first-order valence-electron chi connectivity index (χ1n) is 5.95. The van der Waals surface area contributed by atoms with Gasteiger partial charge in [-0.05, 0) is 42.4 Å². The van der Waals surface area contributed by atoms with E-state index in [1.54, 1.807) is 23.5 Å². The van der Waals surface area contributed by atoms with Crippen LogP contribution in [0.1, 0.15) is 13.3 Å². The lowest BCUT2D eigenvalue weighted by Gasteiger charge is -2.12. The van der Waals surface area contributed by atoms with Gasteiger partial charge >= 0.3 is 0 Å². The van der Waals surface area contributed by atoms with Gasteiger partial charge < -0.3 is 11.1 Å². The van der Waals surface area contributed by atoms with E-state index in [-0.39, 0.29) is 18.3 Å². The van der Waals surface area contributed by atoms with Crippen molar-refractivity contribution in [2.24, 2.45) is 5.73 Å². The molecule has 1 atom stereocenters. The van der Waals surface area contributed by atoms with E-state index in [1.807, 2.05) is 30.5 Å². The number of halogens is 1. The van der Waals surface area contributed by atoms with Gasteiger partial charge in [0.15, 0.2) is 0 Å². The smallest absolute Gasteiger partial charge is 0.241 e. The van der Waals surface area contributed by atoms with Crippen molar-refractivity contribution in [3.05, 3.63) is 24.3 Å². The van der Waals surface area contributed by atoms with Gasteiger partial charge in [0.05, 0.1) is 6.04 Å². The number of hydrogen-bond donors (Lipinski definition) is 2. The van der Waals surface area contributed by atoms with E-state index in [4.69, 9.17) is 5.73 Å². The van der Waals surface area contributed by atoms with Crippen LogP contribution in [0.15, 0.2) is 29.2 Å².